The number of hydrogen-bond donors (Lipinski definition) is 0. The van der Waals surface area contributed by atoms with Gasteiger partial charge < -0.3 is 0 Å². The summed E-state index contributed by atoms with van der Waals surface area (Å²) in [5, 5.41) is 5.90. The third-order valence-electron chi connectivity index (χ3n) is 3.88. The zero-order valence-corrected chi connectivity index (χ0v) is 13.0. The molecule has 1 amide bonds. The fraction of sp³-hybridized carbons (Fsp3) is 0.158. The minimum atomic E-state index is -0.0678. The number of amides is 1. The maximum Gasteiger partial charge on any atom is 0.280 e. The van der Waals surface area contributed by atoms with Crippen LogP contribution in [0.1, 0.15) is 25.0 Å². The van der Waals surface area contributed by atoms with Gasteiger partial charge in [0.15, 0.2) is 0 Å². The number of hydrogen-bond acceptors (Lipinski definition) is 2. The van der Waals surface area contributed by atoms with Crippen LogP contribution in [0.4, 0.5) is 5.69 Å². The number of aryl methyl sites for hydroxylation is 1. The molecular weight excluding hydrogens is 272 g/mol. The summed E-state index contributed by atoms with van der Waals surface area (Å²) in [5.74, 6) is -0.0678. The van der Waals surface area contributed by atoms with Gasteiger partial charge in [-0.15, -0.1) is 0 Å². The van der Waals surface area contributed by atoms with E-state index >= 15 is 0 Å². The quantitative estimate of drug-likeness (QED) is 0.763. The van der Waals surface area contributed by atoms with Gasteiger partial charge in [-0.05, 0) is 44.0 Å². The molecule has 1 heterocycles. The highest BCUT2D eigenvalue weighted by Crippen LogP contribution is 2.28. The number of carbonyl (C=O) groups excluding carboxylic acids is 1. The molecule has 3 rings (SSSR count). The van der Waals surface area contributed by atoms with Crippen molar-refractivity contribution in [2.45, 2.75) is 20.8 Å². The van der Waals surface area contributed by atoms with Crippen LogP contribution in [0.25, 0.3) is 5.57 Å². The summed E-state index contributed by atoms with van der Waals surface area (Å²) < 4.78 is 0. The number of allylic oxidation sites excluding steroid dienone is 1. The maximum absolute atomic E-state index is 12.8. The molecule has 0 N–H and O–H groups in total. The summed E-state index contributed by atoms with van der Waals surface area (Å²) >= 11 is 0. The van der Waals surface area contributed by atoms with Gasteiger partial charge in [-0.25, -0.2) is 0 Å². The smallest absolute Gasteiger partial charge is 0.267 e. The van der Waals surface area contributed by atoms with E-state index in [-0.39, 0.29) is 5.91 Å². The first-order chi connectivity index (χ1) is 10.6. The lowest BCUT2D eigenvalue weighted by Gasteiger charge is -2.12. The second-order valence-corrected chi connectivity index (χ2v) is 5.50. The molecule has 3 nitrogen and oxygen atoms in total. The Morgan fingerprint density at radius 1 is 0.955 bits per heavy atom. The zero-order valence-electron chi connectivity index (χ0n) is 13.0. The highest BCUT2D eigenvalue weighted by Gasteiger charge is 2.30. The van der Waals surface area contributed by atoms with Gasteiger partial charge in [0, 0.05) is 0 Å². The Labute approximate surface area is 130 Å². The summed E-state index contributed by atoms with van der Waals surface area (Å²) in [6.45, 7) is 5.91. The fourth-order valence-electron chi connectivity index (χ4n) is 2.63. The Morgan fingerprint density at radius 2 is 1.59 bits per heavy atom. The predicted octanol–water partition coefficient (Wildman–Crippen LogP) is 4.19. The SMILES string of the molecule is CC1=NN(c2ccccc2)C(=O)/C1=C(\C)c1ccc(C)cc1. The van der Waals surface area contributed by atoms with Gasteiger partial charge in [-0.2, -0.15) is 10.1 Å². The van der Waals surface area contributed by atoms with E-state index in [4.69, 9.17) is 0 Å². The Hall–Kier alpha value is -2.68. The van der Waals surface area contributed by atoms with E-state index in [1.165, 1.54) is 10.6 Å². The van der Waals surface area contributed by atoms with Crippen molar-refractivity contribution < 1.29 is 4.79 Å². The lowest BCUT2D eigenvalue weighted by molar-refractivity contribution is -0.114. The molecule has 22 heavy (non-hydrogen) atoms. The molecule has 0 bridgehead atoms. The van der Waals surface area contributed by atoms with Crippen molar-refractivity contribution >= 4 is 22.9 Å². The molecule has 0 spiro atoms. The summed E-state index contributed by atoms with van der Waals surface area (Å²) in [6, 6.07) is 17.7. The van der Waals surface area contributed by atoms with E-state index < -0.39 is 0 Å². The Balaban J connectivity index is 2.02. The van der Waals surface area contributed by atoms with Crippen LogP contribution < -0.4 is 5.01 Å². The van der Waals surface area contributed by atoms with Crippen LogP contribution >= 0.6 is 0 Å². The van der Waals surface area contributed by atoms with Crippen molar-refractivity contribution in [3.05, 3.63) is 71.3 Å². The Bertz CT molecular complexity index is 771. The molecule has 0 atom stereocenters. The number of nitrogens with zero attached hydrogens (tertiary/aromatic N) is 2. The number of hydrazone groups is 1. The first kappa shape index (κ1) is 14.3. The van der Waals surface area contributed by atoms with Gasteiger partial charge >= 0.3 is 0 Å². The monoisotopic (exact) mass is 290 g/mol. The topological polar surface area (TPSA) is 32.7 Å². The fourth-order valence-corrected chi connectivity index (χ4v) is 2.63. The third-order valence-corrected chi connectivity index (χ3v) is 3.88. The molecule has 2 aromatic rings. The van der Waals surface area contributed by atoms with E-state index in [0.29, 0.717) is 5.57 Å². The number of para-hydroxylation sites is 1. The molecule has 0 fully saturated rings. The maximum atomic E-state index is 12.8. The number of anilines is 1. The van der Waals surface area contributed by atoms with E-state index in [2.05, 4.69) is 24.2 Å². The van der Waals surface area contributed by atoms with Crippen LogP contribution in [0.15, 0.2) is 65.3 Å². The summed E-state index contributed by atoms with van der Waals surface area (Å²) in [5.41, 5.74) is 5.46. The summed E-state index contributed by atoms with van der Waals surface area (Å²) in [7, 11) is 0. The average molecular weight is 290 g/mol. The Morgan fingerprint density at radius 3 is 2.23 bits per heavy atom. The number of benzene rings is 2. The molecule has 0 saturated heterocycles. The van der Waals surface area contributed by atoms with Crippen molar-refractivity contribution in [3.63, 3.8) is 0 Å². The molecule has 110 valence electrons. The molecule has 1 aliphatic rings. The molecule has 0 aliphatic carbocycles. The molecule has 2 aromatic carbocycles. The van der Waals surface area contributed by atoms with Crippen LogP contribution in [0.5, 0.6) is 0 Å². The second-order valence-electron chi connectivity index (χ2n) is 5.50. The van der Waals surface area contributed by atoms with E-state index in [0.717, 1.165) is 22.5 Å². The highest BCUT2D eigenvalue weighted by molar-refractivity contribution is 6.33. The molecule has 1 aliphatic heterocycles. The van der Waals surface area contributed by atoms with Crippen molar-refractivity contribution in [1.29, 1.82) is 0 Å². The minimum Gasteiger partial charge on any atom is -0.267 e. The first-order valence-corrected chi connectivity index (χ1v) is 7.31. The summed E-state index contributed by atoms with van der Waals surface area (Å²) in [6.07, 6.45) is 0. The van der Waals surface area contributed by atoms with Crippen molar-refractivity contribution in [2.24, 2.45) is 5.10 Å². The van der Waals surface area contributed by atoms with Gasteiger partial charge in [0.25, 0.3) is 5.91 Å². The molecule has 0 unspecified atom stereocenters. The lowest BCUT2D eigenvalue weighted by Crippen LogP contribution is -2.21. The highest BCUT2D eigenvalue weighted by atomic mass is 16.2. The van der Waals surface area contributed by atoms with Gasteiger partial charge in [0.05, 0.1) is 17.0 Å². The third kappa shape index (κ3) is 2.46. The Kier molecular flexibility index (Phi) is 3.63. The largest absolute Gasteiger partial charge is 0.280 e. The van der Waals surface area contributed by atoms with Gasteiger partial charge in [0.2, 0.25) is 0 Å². The molecule has 0 saturated carbocycles. The van der Waals surface area contributed by atoms with Crippen LogP contribution in [0.2, 0.25) is 0 Å². The lowest BCUT2D eigenvalue weighted by atomic mass is 9.98. The summed E-state index contributed by atoms with van der Waals surface area (Å²) in [4.78, 5) is 12.8. The predicted molar refractivity (Wildman–Crippen MR) is 90.8 cm³/mol. The van der Waals surface area contributed by atoms with Crippen LogP contribution in [0, 0.1) is 6.92 Å². The normalized spacial score (nSPS) is 16.8. The standard InChI is InChI=1S/C19H18N2O/c1-13-9-11-16(12-10-13)14(2)18-15(3)20-21(19(18)22)17-7-5-4-6-8-17/h4-12H,1-3H3/b18-14+. The molecule has 0 aromatic heterocycles. The zero-order chi connectivity index (χ0) is 15.7. The van der Waals surface area contributed by atoms with E-state index in [1.54, 1.807) is 0 Å². The van der Waals surface area contributed by atoms with Crippen LogP contribution in [0.3, 0.4) is 0 Å². The minimum absolute atomic E-state index is 0.0678. The van der Waals surface area contributed by atoms with Gasteiger partial charge in [-0.1, -0.05) is 48.0 Å². The average Bonchev–Trinajstić information content (AvgIpc) is 2.83. The van der Waals surface area contributed by atoms with Gasteiger partial charge in [-0.3, -0.25) is 4.79 Å². The first-order valence-electron chi connectivity index (χ1n) is 7.31. The van der Waals surface area contributed by atoms with Crippen LogP contribution in [-0.4, -0.2) is 11.6 Å². The number of carbonyl (C=O) groups is 1. The second kappa shape index (κ2) is 5.60. The van der Waals surface area contributed by atoms with Crippen molar-refractivity contribution in [2.75, 3.05) is 5.01 Å². The molecule has 0 radical (unpaired) electrons. The molecular formula is C19H18N2O. The van der Waals surface area contributed by atoms with E-state index in [1.807, 2.05) is 56.3 Å². The van der Waals surface area contributed by atoms with Crippen LogP contribution in [-0.2, 0) is 4.79 Å². The van der Waals surface area contributed by atoms with Gasteiger partial charge in [0.1, 0.15) is 0 Å². The number of rotatable bonds is 2. The van der Waals surface area contributed by atoms with Crippen molar-refractivity contribution in [1.82, 2.24) is 0 Å². The molecule has 3 heteroatoms. The van der Waals surface area contributed by atoms with Crippen molar-refractivity contribution in [3.8, 4) is 0 Å². The van der Waals surface area contributed by atoms with E-state index in [9.17, 15) is 4.79 Å².